The number of hydrogen-bond donors (Lipinski definition) is 0. The fourth-order valence-corrected chi connectivity index (χ4v) is 0. The van der Waals surface area contributed by atoms with Crippen LogP contribution in [0.2, 0.25) is 0 Å². The van der Waals surface area contributed by atoms with Gasteiger partial charge in [0.25, 0.3) is 0 Å². The second kappa shape index (κ2) is 707. The normalized spacial score (nSPS) is 0. The quantitative estimate of drug-likeness (QED) is 0.272. The molecule has 0 aliphatic heterocycles. The molecule has 0 aromatic rings. The third kappa shape index (κ3) is 343. The molecule has 0 N–H and O–H groups in total. The molecule has 39 valence electrons. The molecule has 0 nitrogen and oxygen atoms in total. The predicted molar refractivity (Wildman–Crippen MR) is 25.7 cm³/mol. The average Bonchev–Trinajstić information content (AvgIpc) is 0. The molecule has 6 heavy (non-hydrogen) atoms. The second-order valence-electron chi connectivity index (χ2n) is 0. The molecule has 6 heteroatoms. The molecule has 0 fully saturated rings. The van der Waals surface area contributed by atoms with Crippen LogP contribution in [0.3, 0.4) is 0 Å². The van der Waals surface area contributed by atoms with Gasteiger partial charge in [0.2, 0.25) is 0 Å². The molecule has 0 heterocycles. The first-order chi connectivity index (χ1) is 0. The Hall–Kier alpha value is 0.382. The van der Waals surface area contributed by atoms with Crippen molar-refractivity contribution in [1.29, 1.82) is 0 Å². The van der Waals surface area contributed by atoms with Gasteiger partial charge < -0.3 is 0 Å². The topological polar surface area (TPSA) is 0 Å². The van der Waals surface area contributed by atoms with Gasteiger partial charge in [0.15, 0.2) is 0 Å². The van der Waals surface area contributed by atoms with E-state index in [-0.39, 0.29) is 46.1 Å². The summed E-state index contributed by atoms with van der Waals surface area (Å²) in [5.74, 6) is 0. The van der Waals surface area contributed by atoms with E-state index in [2.05, 4.69) is 0 Å². The summed E-state index contributed by atoms with van der Waals surface area (Å²) in [6, 6.07) is 0. The maximum atomic E-state index is 0. The Bertz CT molecular complexity index is 7.51. The molecule has 0 aromatic carbocycles. The first-order valence-electron chi connectivity index (χ1n) is 0. The number of hydrogen-bond acceptors (Lipinski definition) is 0. The number of rotatable bonds is 0. The maximum Gasteiger partial charge on any atom is 0.0814 e. The van der Waals surface area contributed by atoms with E-state index in [1.165, 1.54) is 0 Å². The van der Waals surface area contributed by atoms with E-state index >= 15 is 0 Å². The van der Waals surface area contributed by atoms with Crippen molar-refractivity contribution in [3.05, 3.63) is 0 Å². The van der Waals surface area contributed by atoms with Crippen LogP contribution in [-0.2, 0) is 0 Å². The van der Waals surface area contributed by atoms with Gasteiger partial charge in [-0.25, -0.2) is 0 Å². The summed E-state index contributed by atoms with van der Waals surface area (Å²) >= 11 is 0. The van der Waals surface area contributed by atoms with Gasteiger partial charge in [0, 0.05) is 18.9 Å². The van der Waals surface area contributed by atoms with Crippen molar-refractivity contribution in [1.82, 2.24) is 0 Å². The smallest absolute Gasteiger partial charge is 0.0814 e. The largest absolute Gasteiger partial charge is 0.269 e. The Morgan fingerprint density at radius 2 is 0.500 bits per heavy atom. The van der Waals surface area contributed by atoms with E-state index in [1.807, 2.05) is 0 Å². The summed E-state index contributed by atoms with van der Waals surface area (Å²) < 4.78 is 0. The summed E-state index contributed by atoms with van der Waals surface area (Å²) in [6.45, 7) is 0. The Labute approximate surface area is 46.9 Å². The molecule has 0 saturated carbocycles. The molecular formula is H7BF4Li. The van der Waals surface area contributed by atoms with Crippen molar-refractivity contribution in [3.8, 4) is 0 Å². The third-order valence-corrected chi connectivity index (χ3v) is 0. The Morgan fingerprint density at radius 3 is 0.500 bits per heavy atom. The molecule has 0 unspecified atom stereocenters. The zero-order valence-electron chi connectivity index (χ0n) is 2.63. The molecule has 0 saturated heterocycles. The summed E-state index contributed by atoms with van der Waals surface area (Å²) in [5, 5.41) is 0. The van der Waals surface area contributed by atoms with Gasteiger partial charge in [-0.3, -0.25) is 18.8 Å². The van der Waals surface area contributed by atoms with Crippen LogP contribution < -0.4 is 0 Å². The monoisotopic (exact) mass is 101 g/mol. The molecule has 0 aliphatic rings. The van der Waals surface area contributed by atoms with Crippen LogP contribution in [0.4, 0.5) is 18.8 Å². The minimum atomic E-state index is 0. The average molecular weight is 101 g/mol. The van der Waals surface area contributed by atoms with E-state index in [4.69, 9.17) is 0 Å². The van der Waals surface area contributed by atoms with E-state index in [0.29, 0.717) is 0 Å². The van der Waals surface area contributed by atoms with Gasteiger partial charge in [0.05, 0.1) is 8.41 Å². The van der Waals surface area contributed by atoms with Gasteiger partial charge in [-0.2, -0.15) is 0 Å². The van der Waals surface area contributed by atoms with Crippen molar-refractivity contribution < 1.29 is 18.8 Å². The van der Waals surface area contributed by atoms with Crippen LogP contribution in [0.15, 0.2) is 0 Å². The van der Waals surface area contributed by atoms with Gasteiger partial charge in [0.1, 0.15) is 0 Å². The molecule has 0 spiro atoms. The van der Waals surface area contributed by atoms with E-state index in [9.17, 15) is 0 Å². The van der Waals surface area contributed by atoms with Crippen LogP contribution in [0.5, 0.6) is 0 Å². The molecule has 0 aromatic heterocycles. The van der Waals surface area contributed by atoms with Crippen molar-refractivity contribution in [2.45, 2.75) is 0 Å². The SMILES string of the molecule is B.F.F.F.F.[Li]. The second-order valence-corrected chi connectivity index (χ2v) is 0. The zero-order chi connectivity index (χ0) is 0. The van der Waals surface area contributed by atoms with Gasteiger partial charge in [-0.05, 0) is 0 Å². The first-order valence-corrected chi connectivity index (χ1v) is 0. The standard InChI is InChI=1S/BH3.4FH.Li/h1H3;4*1H;. The van der Waals surface area contributed by atoms with Gasteiger partial charge >= 0.3 is 0 Å². The summed E-state index contributed by atoms with van der Waals surface area (Å²) in [7, 11) is 0. The molecule has 0 bridgehead atoms. The minimum Gasteiger partial charge on any atom is -0.269 e. The number of halogens is 4. The molecular weight excluding hydrogens is 93.7 g/mol. The zero-order valence-corrected chi connectivity index (χ0v) is 2.63. The molecule has 0 aliphatic carbocycles. The minimum absolute atomic E-state index is 0. The van der Waals surface area contributed by atoms with Crippen LogP contribution in [0.25, 0.3) is 0 Å². The van der Waals surface area contributed by atoms with Gasteiger partial charge in [-0.1, -0.05) is 0 Å². The summed E-state index contributed by atoms with van der Waals surface area (Å²) in [6.07, 6.45) is 0. The fourth-order valence-electron chi connectivity index (χ4n) is 0. The maximum absolute atomic E-state index is 0. The Kier molecular flexibility index (Phi) is 149000. The third-order valence-electron chi connectivity index (χ3n) is 0. The van der Waals surface area contributed by atoms with Crippen LogP contribution in [0.1, 0.15) is 0 Å². The Balaban J connectivity index is 0. The van der Waals surface area contributed by atoms with E-state index in [1.54, 1.807) is 0 Å². The van der Waals surface area contributed by atoms with Crippen LogP contribution in [0, 0.1) is 0 Å². The van der Waals surface area contributed by atoms with Crippen molar-refractivity contribution in [2.75, 3.05) is 0 Å². The van der Waals surface area contributed by atoms with E-state index in [0.717, 1.165) is 0 Å². The summed E-state index contributed by atoms with van der Waals surface area (Å²) in [5.41, 5.74) is 0. The summed E-state index contributed by atoms with van der Waals surface area (Å²) in [4.78, 5) is 0. The predicted octanol–water partition coefficient (Wildman–Crippen LogP) is -0.955. The first kappa shape index (κ1) is 1260. The Morgan fingerprint density at radius 1 is 0.500 bits per heavy atom. The molecule has 0 amide bonds. The van der Waals surface area contributed by atoms with Crippen LogP contribution in [-0.4, -0.2) is 27.3 Å². The molecule has 0 atom stereocenters. The van der Waals surface area contributed by atoms with Crippen molar-refractivity contribution in [2.24, 2.45) is 0 Å². The van der Waals surface area contributed by atoms with Crippen molar-refractivity contribution in [3.63, 3.8) is 0 Å². The van der Waals surface area contributed by atoms with Crippen LogP contribution >= 0.6 is 0 Å². The van der Waals surface area contributed by atoms with Crippen molar-refractivity contribution >= 4 is 27.3 Å². The molecule has 1 radical (unpaired) electrons. The van der Waals surface area contributed by atoms with E-state index < -0.39 is 0 Å². The molecule has 0 rings (SSSR count). The fraction of sp³-hybridized carbons (Fsp3) is 0. The van der Waals surface area contributed by atoms with Gasteiger partial charge in [-0.15, -0.1) is 0 Å².